The van der Waals surface area contributed by atoms with Crippen LogP contribution in [0.25, 0.3) is 10.9 Å². The van der Waals surface area contributed by atoms with E-state index in [1.54, 1.807) is 0 Å². The molecule has 12 heavy (non-hydrogen) atoms. The Kier molecular flexibility index (Phi) is 1.74. The van der Waals surface area contributed by atoms with Crippen LogP contribution in [0.1, 0.15) is 8.35 Å². The second-order valence-corrected chi connectivity index (χ2v) is 2.66. The Morgan fingerprint density at radius 2 is 2.33 bits per heavy atom. The average molecular weight is 163 g/mol. The fourth-order valence-electron chi connectivity index (χ4n) is 1.29. The van der Waals surface area contributed by atoms with Crippen molar-refractivity contribution in [2.75, 3.05) is 6.61 Å². The number of aromatic nitrogens is 1. The molecule has 1 heterocycles. The van der Waals surface area contributed by atoms with Crippen LogP contribution >= 0.6 is 0 Å². The standard InChI is InChI=1S/C10H11NO.H2/c1-2-12-9-3-4-10-8(7-9)5-6-11-10;/h3-7,11H,2H2,1H3;1H. The van der Waals surface area contributed by atoms with Gasteiger partial charge in [-0.1, -0.05) is 0 Å². The highest BCUT2D eigenvalue weighted by Gasteiger charge is 1.95. The predicted molar refractivity (Wildman–Crippen MR) is 51.6 cm³/mol. The van der Waals surface area contributed by atoms with Crippen molar-refractivity contribution in [3.8, 4) is 5.75 Å². The first-order valence-corrected chi connectivity index (χ1v) is 4.10. The van der Waals surface area contributed by atoms with Crippen LogP contribution in [0.15, 0.2) is 30.5 Å². The van der Waals surface area contributed by atoms with Crippen LogP contribution in [-0.2, 0) is 0 Å². The van der Waals surface area contributed by atoms with Gasteiger partial charge in [0.15, 0.2) is 0 Å². The minimum Gasteiger partial charge on any atom is -0.494 e. The Bertz CT molecular complexity index is 383. The van der Waals surface area contributed by atoms with E-state index in [0.29, 0.717) is 0 Å². The van der Waals surface area contributed by atoms with E-state index in [1.807, 2.05) is 37.4 Å². The van der Waals surface area contributed by atoms with E-state index in [9.17, 15) is 0 Å². The molecule has 2 heteroatoms. The Morgan fingerprint density at radius 3 is 3.17 bits per heavy atom. The molecule has 0 saturated heterocycles. The van der Waals surface area contributed by atoms with E-state index < -0.39 is 0 Å². The largest absolute Gasteiger partial charge is 0.494 e. The van der Waals surface area contributed by atoms with Gasteiger partial charge >= 0.3 is 0 Å². The molecule has 0 spiro atoms. The summed E-state index contributed by atoms with van der Waals surface area (Å²) < 4.78 is 5.37. The number of aromatic amines is 1. The summed E-state index contributed by atoms with van der Waals surface area (Å²) in [6.45, 7) is 2.71. The molecule has 1 aromatic carbocycles. The number of hydrogen-bond donors (Lipinski definition) is 1. The van der Waals surface area contributed by atoms with Gasteiger partial charge in [0.05, 0.1) is 6.61 Å². The topological polar surface area (TPSA) is 25.0 Å². The number of H-pyrrole nitrogens is 1. The zero-order valence-corrected chi connectivity index (χ0v) is 7.00. The zero-order chi connectivity index (χ0) is 8.39. The van der Waals surface area contributed by atoms with Gasteiger partial charge in [-0.2, -0.15) is 0 Å². The average Bonchev–Trinajstić information content (AvgIpc) is 2.51. The Morgan fingerprint density at radius 1 is 1.42 bits per heavy atom. The molecule has 0 aliphatic rings. The SMILES string of the molecule is CCOc1ccc2[nH]ccc2c1.[HH]. The molecule has 0 bridgehead atoms. The second-order valence-electron chi connectivity index (χ2n) is 2.66. The van der Waals surface area contributed by atoms with Crippen LogP contribution in [0.2, 0.25) is 0 Å². The molecule has 0 fully saturated rings. The Balaban J connectivity index is 0.000000845. The first kappa shape index (κ1) is 7.22. The summed E-state index contributed by atoms with van der Waals surface area (Å²) in [6.07, 6.45) is 1.93. The van der Waals surface area contributed by atoms with Crippen LogP contribution in [0.3, 0.4) is 0 Å². The number of ether oxygens (including phenoxy) is 1. The Labute approximate surface area is 72.7 Å². The molecule has 0 amide bonds. The van der Waals surface area contributed by atoms with Crippen molar-refractivity contribution >= 4 is 10.9 Å². The van der Waals surface area contributed by atoms with Crippen molar-refractivity contribution in [2.45, 2.75) is 6.92 Å². The molecule has 0 radical (unpaired) electrons. The molecule has 1 N–H and O–H groups in total. The lowest BCUT2D eigenvalue weighted by Gasteiger charge is -2.01. The van der Waals surface area contributed by atoms with Gasteiger partial charge in [0.25, 0.3) is 0 Å². The quantitative estimate of drug-likeness (QED) is 0.723. The first-order chi connectivity index (χ1) is 5.90. The van der Waals surface area contributed by atoms with Crippen LogP contribution < -0.4 is 4.74 Å². The van der Waals surface area contributed by atoms with Gasteiger partial charge in [0.2, 0.25) is 0 Å². The zero-order valence-electron chi connectivity index (χ0n) is 7.00. The summed E-state index contributed by atoms with van der Waals surface area (Å²) in [5, 5.41) is 1.20. The maximum atomic E-state index is 5.37. The molecular formula is C10H13NO. The minimum absolute atomic E-state index is 0. The molecule has 1 aromatic heterocycles. The van der Waals surface area contributed by atoms with E-state index in [2.05, 4.69) is 4.98 Å². The van der Waals surface area contributed by atoms with Crippen molar-refractivity contribution in [3.05, 3.63) is 30.5 Å². The van der Waals surface area contributed by atoms with Gasteiger partial charge in [-0.3, -0.25) is 0 Å². The first-order valence-electron chi connectivity index (χ1n) is 4.10. The lowest BCUT2D eigenvalue weighted by molar-refractivity contribution is 0.341. The summed E-state index contributed by atoms with van der Waals surface area (Å²) in [5.74, 6) is 0.935. The number of hydrogen-bond acceptors (Lipinski definition) is 1. The Hall–Kier alpha value is -1.44. The number of benzene rings is 1. The molecule has 64 valence electrons. The highest BCUT2D eigenvalue weighted by atomic mass is 16.5. The van der Waals surface area contributed by atoms with E-state index in [1.165, 1.54) is 5.39 Å². The maximum absolute atomic E-state index is 5.37. The van der Waals surface area contributed by atoms with Gasteiger partial charge in [-0.15, -0.1) is 0 Å². The van der Waals surface area contributed by atoms with Crippen LogP contribution in [-0.4, -0.2) is 11.6 Å². The molecule has 2 aromatic rings. The highest BCUT2D eigenvalue weighted by molar-refractivity contribution is 5.80. The van der Waals surface area contributed by atoms with Gasteiger partial charge in [-0.25, -0.2) is 0 Å². The monoisotopic (exact) mass is 163 g/mol. The van der Waals surface area contributed by atoms with E-state index in [-0.39, 0.29) is 1.43 Å². The van der Waals surface area contributed by atoms with Gasteiger partial charge in [0.1, 0.15) is 5.75 Å². The van der Waals surface area contributed by atoms with Crippen molar-refractivity contribution in [1.82, 2.24) is 4.98 Å². The number of nitrogens with one attached hydrogen (secondary N) is 1. The predicted octanol–water partition coefficient (Wildman–Crippen LogP) is 2.81. The fraction of sp³-hybridized carbons (Fsp3) is 0.200. The normalized spacial score (nSPS) is 10.4. The van der Waals surface area contributed by atoms with Gasteiger partial charge in [-0.05, 0) is 31.2 Å². The highest BCUT2D eigenvalue weighted by Crippen LogP contribution is 2.19. The third kappa shape index (κ3) is 1.16. The second kappa shape index (κ2) is 2.89. The van der Waals surface area contributed by atoms with Crippen molar-refractivity contribution in [1.29, 1.82) is 0 Å². The van der Waals surface area contributed by atoms with Crippen molar-refractivity contribution < 1.29 is 6.16 Å². The summed E-state index contributed by atoms with van der Waals surface area (Å²) >= 11 is 0. The third-order valence-electron chi connectivity index (χ3n) is 1.84. The molecule has 0 saturated carbocycles. The van der Waals surface area contributed by atoms with E-state index >= 15 is 0 Å². The van der Waals surface area contributed by atoms with E-state index in [4.69, 9.17) is 4.74 Å². The van der Waals surface area contributed by atoms with Gasteiger partial charge in [0, 0.05) is 18.5 Å². The van der Waals surface area contributed by atoms with Crippen molar-refractivity contribution in [2.24, 2.45) is 0 Å². The van der Waals surface area contributed by atoms with E-state index in [0.717, 1.165) is 17.9 Å². The number of rotatable bonds is 2. The summed E-state index contributed by atoms with van der Waals surface area (Å²) in [6, 6.07) is 8.08. The molecule has 0 aliphatic carbocycles. The number of fused-ring (bicyclic) bond motifs is 1. The third-order valence-corrected chi connectivity index (χ3v) is 1.84. The van der Waals surface area contributed by atoms with Crippen LogP contribution in [0.5, 0.6) is 5.75 Å². The molecular weight excluding hydrogens is 150 g/mol. The van der Waals surface area contributed by atoms with Crippen LogP contribution in [0.4, 0.5) is 0 Å². The summed E-state index contributed by atoms with van der Waals surface area (Å²) in [7, 11) is 0. The lowest BCUT2D eigenvalue weighted by Crippen LogP contribution is -1.90. The fourth-order valence-corrected chi connectivity index (χ4v) is 1.29. The van der Waals surface area contributed by atoms with Gasteiger partial charge < -0.3 is 9.72 Å². The molecule has 2 nitrogen and oxygen atoms in total. The summed E-state index contributed by atoms with van der Waals surface area (Å²) in [4.78, 5) is 3.13. The molecule has 0 aliphatic heterocycles. The van der Waals surface area contributed by atoms with Crippen LogP contribution in [0, 0.1) is 0 Å². The minimum atomic E-state index is 0. The lowest BCUT2D eigenvalue weighted by atomic mass is 10.2. The molecule has 0 atom stereocenters. The smallest absolute Gasteiger partial charge is 0.120 e. The molecule has 0 unspecified atom stereocenters. The maximum Gasteiger partial charge on any atom is 0.120 e. The molecule has 2 rings (SSSR count). The van der Waals surface area contributed by atoms with Crippen molar-refractivity contribution in [3.63, 3.8) is 0 Å². The summed E-state index contributed by atoms with van der Waals surface area (Å²) in [5.41, 5.74) is 1.15.